The molecule has 30 heavy (non-hydrogen) atoms. The Hall–Kier alpha value is -1.02. The van der Waals surface area contributed by atoms with Gasteiger partial charge in [0.1, 0.15) is 6.10 Å². The van der Waals surface area contributed by atoms with Crippen LogP contribution in [-0.4, -0.2) is 66.9 Å². The van der Waals surface area contributed by atoms with Gasteiger partial charge in [-0.25, -0.2) is 4.39 Å². The summed E-state index contributed by atoms with van der Waals surface area (Å²) in [6.45, 7) is -2.22. The summed E-state index contributed by atoms with van der Waals surface area (Å²) in [6.07, 6.45) is -4.47. The number of halogens is 4. The highest BCUT2D eigenvalue weighted by atomic mass is 32.2. The van der Waals surface area contributed by atoms with E-state index in [1.807, 2.05) is 0 Å². The number of hydrogen-bond acceptors (Lipinski definition) is 7. The van der Waals surface area contributed by atoms with Gasteiger partial charge in [-0.15, -0.1) is 0 Å². The van der Waals surface area contributed by atoms with Gasteiger partial charge in [0.15, 0.2) is 12.4 Å². The summed E-state index contributed by atoms with van der Waals surface area (Å²) in [6, 6.07) is 0. The molecule has 8 nitrogen and oxygen atoms in total. The highest BCUT2D eigenvalue weighted by Gasteiger charge is 2.70. The van der Waals surface area contributed by atoms with Crippen LogP contribution in [0.4, 0.5) is 17.6 Å². The van der Waals surface area contributed by atoms with Crippen LogP contribution in [-0.2, 0) is 29.1 Å². The molecule has 172 valence electrons. The molecular formula is C17H22F4O8S. The molecule has 1 spiro atoms. The maximum Gasteiger partial charge on any atom is 0.443 e. The van der Waals surface area contributed by atoms with Crippen LogP contribution in [0.1, 0.15) is 32.1 Å². The summed E-state index contributed by atoms with van der Waals surface area (Å²) in [7, 11) is -6.23. The summed E-state index contributed by atoms with van der Waals surface area (Å²) in [5.41, 5.74) is -1.20. The Morgan fingerprint density at radius 2 is 1.73 bits per heavy atom. The van der Waals surface area contributed by atoms with Crippen LogP contribution in [0.25, 0.3) is 0 Å². The van der Waals surface area contributed by atoms with Gasteiger partial charge in [0.25, 0.3) is 0 Å². The van der Waals surface area contributed by atoms with Crippen LogP contribution in [0.3, 0.4) is 0 Å². The number of ether oxygens (including phenoxy) is 3. The highest BCUT2D eigenvalue weighted by Crippen LogP contribution is 2.66. The molecule has 4 saturated carbocycles. The monoisotopic (exact) mass is 462 g/mol. The van der Waals surface area contributed by atoms with E-state index in [2.05, 4.69) is 4.74 Å². The van der Waals surface area contributed by atoms with E-state index in [0.717, 1.165) is 0 Å². The first kappa shape index (κ1) is 22.2. The van der Waals surface area contributed by atoms with Gasteiger partial charge >= 0.3 is 27.3 Å². The molecule has 5 rings (SSSR count). The Balaban J connectivity index is 1.53. The largest absolute Gasteiger partial charge is 0.460 e. The van der Waals surface area contributed by atoms with Crippen molar-refractivity contribution in [2.45, 2.75) is 55.2 Å². The molecule has 0 aromatic carbocycles. The van der Waals surface area contributed by atoms with E-state index in [1.54, 1.807) is 0 Å². The molecule has 4 unspecified atom stereocenters. The molecule has 5 fully saturated rings. The van der Waals surface area contributed by atoms with Crippen molar-refractivity contribution in [1.29, 1.82) is 0 Å². The normalized spacial score (nSPS) is 42.5. The lowest BCUT2D eigenvalue weighted by Gasteiger charge is -2.61. The Bertz CT molecular complexity index is 814. The Morgan fingerprint density at radius 3 is 2.20 bits per heavy atom. The molecule has 1 heterocycles. The number of esters is 1. The van der Waals surface area contributed by atoms with Crippen molar-refractivity contribution >= 4 is 16.1 Å². The lowest BCUT2D eigenvalue weighted by Crippen LogP contribution is -2.64. The van der Waals surface area contributed by atoms with E-state index >= 15 is 0 Å². The molecule has 4 atom stereocenters. The van der Waals surface area contributed by atoms with Crippen molar-refractivity contribution in [3.05, 3.63) is 0 Å². The number of aliphatic hydroxyl groups excluding tert-OH is 1. The van der Waals surface area contributed by atoms with E-state index < -0.39 is 51.2 Å². The Kier molecular flexibility index (Phi) is 4.98. The van der Waals surface area contributed by atoms with E-state index in [0.29, 0.717) is 19.3 Å². The minimum absolute atomic E-state index is 0.0698. The molecule has 0 radical (unpaired) electrons. The van der Waals surface area contributed by atoms with Crippen LogP contribution >= 0.6 is 0 Å². The van der Waals surface area contributed by atoms with Gasteiger partial charge in [-0.2, -0.15) is 21.6 Å². The molecule has 1 aliphatic heterocycles. The number of carbonyl (C=O) groups excluding carboxylic acids is 1. The van der Waals surface area contributed by atoms with Gasteiger partial charge in [0.05, 0.1) is 18.6 Å². The SMILES string of the molecule is O=C(OCC(F)(C(F)(F)F)S(=O)(=O)O)C12CC3CC(C1)C1(OCC(CO)O1)C(C3)C2. The number of rotatable bonds is 5. The highest BCUT2D eigenvalue weighted by molar-refractivity contribution is 7.87. The first-order valence-electron chi connectivity index (χ1n) is 9.59. The second-order valence-corrected chi connectivity index (χ2v) is 10.5. The standard InChI is InChI=1S/C17H22F4O8S/c18-15(17(19,20)21,30(24,25)26)8-27-13(23)14-3-9-1-10(4-14)16(11(2-9)5-14)28-7-12(6-22)29-16/h9-12,22H,1-8H2,(H,24,25,26). The maximum atomic E-state index is 14.2. The fraction of sp³-hybridized carbons (Fsp3) is 0.941. The van der Waals surface area contributed by atoms with Crippen LogP contribution in [0, 0.1) is 23.2 Å². The number of hydrogen-bond donors (Lipinski definition) is 2. The second-order valence-electron chi connectivity index (χ2n) is 8.86. The molecule has 1 saturated heterocycles. The summed E-state index contributed by atoms with van der Waals surface area (Å²) >= 11 is 0. The van der Waals surface area contributed by atoms with E-state index in [-0.39, 0.29) is 43.8 Å². The predicted molar refractivity (Wildman–Crippen MR) is 89.0 cm³/mol. The molecule has 2 N–H and O–H groups in total. The third kappa shape index (κ3) is 3.07. The van der Waals surface area contributed by atoms with Crippen molar-refractivity contribution in [1.82, 2.24) is 0 Å². The molecule has 0 aromatic heterocycles. The van der Waals surface area contributed by atoms with E-state index in [4.69, 9.17) is 14.0 Å². The minimum Gasteiger partial charge on any atom is -0.460 e. The van der Waals surface area contributed by atoms with Gasteiger partial charge in [0, 0.05) is 11.8 Å². The molecule has 4 aliphatic carbocycles. The third-order valence-electron chi connectivity index (χ3n) is 7.03. The number of carbonyl (C=O) groups is 1. The van der Waals surface area contributed by atoms with Crippen LogP contribution in [0.5, 0.6) is 0 Å². The zero-order valence-corrected chi connectivity index (χ0v) is 16.5. The molecule has 0 aromatic rings. The van der Waals surface area contributed by atoms with E-state index in [1.165, 1.54) is 0 Å². The zero-order valence-electron chi connectivity index (χ0n) is 15.7. The minimum atomic E-state index is -6.23. The maximum absolute atomic E-state index is 14.2. The topological polar surface area (TPSA) is 119 Å². The number of alkyl halides is 4. The Morgan fingerprint density at radius 1 is 1.13 bits per heavy atom. The van der Waals surface area contributed by atoms with Crippen molar-refractivity contribution < 1.29 is 54.6 Å². The summed E-state index contributed by atoms with van der Waals surface area (Å²) < 4.78 is 100. The molecule has 13 heteroatoms. The van der Waals surface area contributed by atoms with Crippen LogP contribution in [0.2, 0.25) is 0 Å². The van der Waals surface area contributed by atoms with Crippen molar-refractivity contribution in [2.75, 3.05) is 19.8 Å². The fourth-order valence-electron chi connectivity index (χ4n) is 5.86. The molecule has 5 aliphatic rings. The van der Waals surface area contributed by atoms with Gasteiger partial charge < -0.3 is 19.3 Å². The lowest BCUT2D eigenvalue weighted by atomic mass is 9.47. The van der Waals surface area contributed by atoms with E-state index in [9.17, 15) is 35.9 Å². The molecule has 4 bridgehead atoms. The van der Waals surface area contributed by atoms with Crippen LogP contribution in [0.15, 0.2) is 0 Å². The van der Waals surface area contributed by atoms with Gasteiger partial charge in [-0.1, -0.05) is 0 Å². The van der Waals surface area contributed by atoms with Crippen LogP contribution < -0.4 is 0 Å². The first-order valence-corrected chi connectivity index (χ1v) is 11.0. The average Bonchev–Trinajstić information content (AvgIpc) is 3.07. The van der Waals surface area contributed by atoms with Gasteiger partial charge in [0.2, 0.25) is 0 Å². The molecule has 0 amide bonds. The smallest absolute Gasteiger partial charge is 0.443 e. The summed E-state index contributed by atoms with van der Waals surface area (Å²) in [5.74, 6) is -2.54. The second kappa shape index (κ2) is 6.74. The fourth-order valence-corrected chi connectivity index (χ4v) is 6.36. The van der Waals surface area contributed by atoms with Gasteiger partial charge in [-0.05, 0) is 38.0 Å². The first-order chi connectivity index (χ1) is 13.8. The summed E-state index contributed by atoms with van der Waals surface area (Å²) in [5, 5.41) is 4.24. The quantitative estimate of drug-likeness (QED) is 0.359. The average molecular weight is 462 g/mol. The zero-order chi connectivity index (χ0) is 22.2. The van der Waals surface area contributed by atoms with Gasteiger partial charge in [-0.3, -0.25) is 9.35 Å². The molecular weight excluding hydrogens is 440 g/mol. The number of aliphatic hydroxyl groups is 1. The van der Waals surface area contributed by atoms with Crippen molar-refractivity contribution in [2.24, 2.45) is 23.2 Å². The third-order valence-corrected chi connectivity index (χ3v) is 8.20. The Labute approximate surface area is 169 Å². The lowest BCUT2D eigenvalue weighted by molar-refractivity contribution is -0.308. The van der Waals surface area contributed by atoms with Crippen molar-refractivity contribution in [3.63, 3.8) is 0 Å². The predicted octanol–water partition coefficient (Wildman–Crippen LogP) is 1.58. The van der Waals surface area contributed by atoms with Crippen molar-refractivity contribution in [3.8, 4) is 0 Å². The summed E-state index contributed by atoms with van der Waals surface area (Å²) in [4.78, 5) is 12.8.